The first-order valence-corrected chi connectivity index (χ1v) is 6.71. The normalized spacial score (nSPS) is 11.1. The van der Waals surface area contributed by atoms with Crippen LogP contribution in [0.1, 0.15) is 5.56 Å². The number of benzene rings is 1. The lowest BCUT2D eigenvalue weighted by Crippen LogP contribution is -2.20. The largest absolute Gasteiger partial charge is 0.369 e. The number of nitrogen functional groups attached to an aromatic ring is 1. The molecule has 19 heavy (non-hydrogen) atoms. The van der Waals surface area contributed by atoms with E-state index >= 15 is 0 Å². The molecule has 0 radical (unpaired) electrons. The van der Waals surface area contributed by atoms with Crippen molar-refractivity contribution in [1.82, 2.24) is 9.55 Å². The second kappa shape index (κ2) is 4.20. The van der Waals surface area contributed by atoms with Crippen LogP contribution in [0.4, 0.5) is 5.95 Å². The molecule has 0 spiro atoms. The smallest absolute Gasteiger partial charge is 0.272 e. The van der Waals surface area contributed by atoms with Gasteiger partial charge >= 0.3 is 0 Å². The standard InChI is InChI=1S/C14H13N3OS/c1-8-3-5-9(6-4-8)11-7-10-12(19-11)13(18)17(2)14(15)16-10/h3-7H,1-2H3,(H2,15,16). The van der Waals surface area contributed by atoms with E-state index in [4.69, 9.17) is 5.73 Å². The van der Waals surface area contributed by atoms with Crippen LogP contribution >= 0.6 is 11.3 Å². The maximum atomic E-state index is 12.1. The van der Waals surface area contributed by atoms with Gasteiger partial charge in [-0.25, -0.2) is 4.98 Å². The van der Waals surface area contributed by atoms with Crippen molar-refractivity contribution in [3.8, 4) is 10.4 Å². The van der Waals surface area contributed by atoms with Gasteiger partial charge < -0.3 is 5.73 Å². The number of aryl methyl sites for hydroxylation is 1. The zero-order chi connectivity index (χ0) is 13.6. The van der Waals surface area contributed by atoms with Crippen molar-refractivity contribution in [2.45, 2.75) is 6.92 Å². The highest BCUT2D eigenvalue weighted by Crippen LogP contribution is 2.31. The molecule has 3 aromatic rings. The van der Waals surface area contributed by atoms with Gasteiger partial charge in [-0.3, -0.25) is 9.36 Å². The molecule has 2 N–H and O–H groups in total. The summed E-state index contributed by atoms with van der Waals surface area (Å²) in [6.07, 6.45) is 0. The average Bonchev–Trinajstić information content (AvgIpc) is 2.81. The highest BCUT2D eigenvalue weighted by molar-refractivity contribution is 7.22. The highest BCUT2D eigenvalue weighted by atomic mass is 32.1. The summed E-state index contributed by atoms with van der Waals surface area (Å²) in [6, 6.07) is 10.1. The topological polar surface area (TPSA) is 60.9 Å². The summed E-state index contributed by atoms with van der Waals surface area (Å²) in [5.41, 5.74) is 8.59. The summed E-state index contributed by atoms with van der Waals surface area (Å²) in [6.45, 7) is 2.05. The van der Waals surface area contributed by atoms with E-state index in [1.807, 2.05) is 25.1 Å². The fourth-order valence-corrected chi connectivity index (χ4v) is 3.01. The number of hydrogen-bond acceptors (Lipinski definition) is 4. The van der Waals surface area contributed by atoms with Crippen molar-refractivity contribution < 1.29 is 0 Å². The molecule has 4 nitrogen and oxygen atoms in total. The molecule has 0 unspecified atom stereocenters. The van der Waals surface area contributed by atoms with Gasteiger partial charge in [0, 0.05) is 11.9 Å². The molecule has 3 rings (SSSR count). The van der Waals surface area contributed by atoms with Gasteiger partial charge in [0.1, 0.15) is 4.70 Å². The second-order valence-corrected chi connectivity index (χ2v) is 5.58. The number of nitrogens with two attached hydrogens (primary N) is 1. The Balaban J connectivity index is 2.25. The summed E-state index contributed by atoms with van der Waals surface area (Å²) in [4.78, 5) is 17.4. The van der Waals surface area contributed by atoms with E-state index in [1.54, 1.807) is 7.05 Å². The minimum atomic E-state index is -0.0918. The van der Waals surface area contributed by atoms with E-state index in [0.29, 0.717) is 10.2 Å². The van der Waals surface area contributed by atoms with E-state index in [1.165, 1.54) is 21.5 Å². The molecule has 0 bridgehead atoms. The predicted molar refractivity (Wildman–Crippen MR) is 79.4 cm³/mol. The molecule has 0 saturated carbocycles. The van der Waals surface area contributed by atoms with Gasteiger partial charge in [0.05, 0.1) is 5.52 Å². The first-order valence-electron chi connectivity index (χ1n) is 5.89. The number of nitrogens with zero attached hydrogens (tertiary/aromatic N) is 2. The molecule has 0 atom stereocenters. The van der Waals surface area contributed by atoms with Crippen molar-refractivity contribution >= 4 is 27.5 Å². The molecule has 1 aromatic carbocycles. The Bertz CT molecular complexity index is 815. The third kappa shape index (κ3) is 1.92. The lowest BCUT2D eigenvalue weighted by molar-refractivity contribution is 0.864. The predicted octanol–water partition coefficient (Wildman–Crippen LogP) is 2.55. The van der Waals surface area contributed by atoms with E-state index in [2.05, 4.69) is 17.1 Å². The van der Waals surface area contributed by atoms with E-state index in [9.17, 15) is 4.79 Å². The fraction of sp³-hybridized carbons (Fsp3) is 0.143. The van der Waals surface area contributed by atoms with E-state index in [0.717, 1.165) is 10.4 Å². The minimum Gasteiger partial charge on any atom is -0.369 e. The molecule has 0 saturated heterocycles. The molecular formula is C14H13N3OS. The Morgan fingerprint density at radius 1 is 1.26 bits per heavy atom. The highest BCUT2D eigenvalue weighted by Gasteiger charge is 2.11. The van der Waals surface area contributed by atoms with Crippen LogP contribution in [0.2, 0.25) is 0 Å². The van der Waals surface area contributed by atoms with Crippen molar-refractivity contribution in [2.24, 2.45) is 7.05 Å². The fourth-order valence-electron chi connectivity index (χ4n) is 1.93. The van der Waals surface area contributed by atoms with Crippen LogP contribution in [0, 0.1) is 6.92 Å². The maximum Gasteiger partial charge on any atom is 0.272 e. The zero-order valence-corrected chi connectivity index (χ0v) is 11.5. The van der Waals surface area contributed by atoms with Gasteiger partial charge in [0.15, 0.2) is 0 Å². The maximum absolute atomic E-state index is 12.1. The SMILES string of the molecule is Cc1ccc(-c2cc3nc(N)n(C)c(=O)c3s2)cc1. The van der Waals surface area contributed by atoms with Gasteiger partial charge in [-0.05, 0) is 18.6 Å². The minimum absolute atomic E-state index is 0.0918. The van der Waals surface area contributed by atoms with Crippen LogP contribution in [0.5, 0.6) is 0 Å². The quantitative estimate of drug-likeness (QED) is 0.740. The number of fused-ring (bicyclic) bond motifs is 1. The molecule has 0 amide bonds. The Labute approximate surface area is 114 Å². The van der Waals surface area contributed by atoms with Gasteiger partial charge in [-0.15, -0.1) is 11.3 Å². The molecule has 0 fully saturated rings. The lowest BCUT2D eigenvalue weighted by atomic mass is 10.1. The summed E-state index contributed by atoms with van der Waals surface area (Å²) >= 11 is 1.45. The van der Waals surface area contributed by atoms with Gasteiger partial charge in [-0.1, -0.05) is 29.8 Å². The number of aromatic nitrogens is 2. The van der Waals surface area contributed by atoms with Gasteiger partial charge in [0.2, 0.25) is 5.95 Å². The Hall–Kier alpha value is -2.14. The summed E-state index contributed by atoms with van der Waals surface area (Å²) in [7, 11) is 1.63. The second-order valence-electron chi connectivity index (χ2n) is 4.53. The third-order valence-corrected chi connectivity index (χ3v) is 4.29. The molecule has 2 aromatic heterocycles. The molecule has 96 valence electrons. The monoisotopic (exact) mass is 271 g/mol. The molecule has 5 heteroatoms. The summed E-state index contributed by atoms with van der Waals surface area (Å²) in [5, 5.41) is 0. The Kier molecular flexibility index (Phi) is 2.64. The van der Waals surface area contributed by atoms with Crippen LogP contribution in [0.15, 0.2) is 35.1 Å². The number of anilines is 1. The number of rotatable bonds is 1. The number of thiophene rings is 1. The van der Waals surface area contributed by atoms with E-state index < -0.39 is 0 Å². The molecular weight excluding hydrogens is 258 g/mol. The van der Waals surface area contributed by atoms with Crippen molar-refractivity contribution in [2.75, 3.05) is 5.73 Å². The van der Waals surface area contributed by atoms with Crippen molar-refractivity contribution in [1.29, 1.82) is 0 Å². The summed E-state index contributed by atoms with van der Waals surface area (Å²) in [5.74, 6) is 0.241. The van der Waals surface area contributed by atoms with Crippen molar-refractivity contribution in [3.63, 3.8) is 0 Å². The Morgan fingerprint density at radius 2 is 1.95 bits per heavy atom. The molecule has 0 aliphatic rings. The third-order valence-electron chi connectivity index (χ3n) is 3.13. The van der Waals surface area contributed by atoms with Crippen LogP contribution in [0.25, 0.3) is 20.7 Å². The summed E-state index contributed by atoms with van der Waals surface area (Å²) < 4.78 is 2.02. The van der Waals surface area contributed by atoms with Crippen LogP contribution in [-0.4, -0.2) is 9.55 Å². The Morgan fingerprint density at radius 3 is 2.63 bits per heavy atom. The lowest BCUT2D eigenvalue weighted by Gasteiger charge is -1.99. The first-order chi connectivity index (χ1) is 9.06. The molecule has 0 aliphatic carbocycles. The first kappa shape index (κ1) is 11.9. The van der Waals surface area contributed by atoms with Crippen LogP contribution in [-0.2, 0) is 7.05 Å². The molecule has 0 aliphatic heterocycles. The zero-order valence-electron chi connectivity index (χ0n) is 10.7. The average molecular weight is 271 g/mol. The molecule has 2 heterocycles. The van der Waals surface area contributed by atoms with Crippen molar-refractivity contribution in [3.05, 3.63) is 46.2 Å². The van der Waals surface area contributed by atoms with E-state index in [-0.39, 0.29) is 11.5 Å². The van der Waals surface area contributed by atoms with Gasteiger partial charge in [0.25, 0.3) is 5.56 Å². The van der Waals surface area contributed by atoms with Crippen LogP contribution < -0.4 is 11.3 Å². The van der Waals surface area contributed by atoms with Gasteiger partial charge in [-0.2, -0.15) is 0 Å². The number of hydrogen-bond donors (Lipinski definition) is 1. The van der Waals surface area contributed by atoms with Crippen LogP contribution in [0.3, 0.4) is 0 Å².